The van der Waals surface area contributed by atoms with E-state index in [2.05, 4.69) is 17.1 Å². The highest BCUT2D eigenvalue weighted by Crippen LogP contribution is 2.32. The molecule has 4 nitrogen and oxygen atoms in total. The third-order valence-corrected chi connectivity index (χ3v) is 4.50. The van der Waals surface area contributed by atoms with Crippen molar-refractivity contribution in [2.24, 2.45) is 5.92 Å². The zero-order valence-corrected chi connectivity index (χ0v) is 11.5. The molecule has 18 heavy (non-hydrogen) atoms. The van der Waals surface area contributed by atoms with E-state index in [1.165, 1.54) is 25.9 Å². The number of likely N-dealkylation sites (tertiary alicyclic amines) is 1. The maximum Gasteiger partial charge on any atom is 0.170 e. The molecule has 3 fully saturated rings. The Bertz CT molecular complexity index is 271. The van der Waals surface area contributed by atoms with E-state index in [9.17, 15) is 0 Å². The second-order valence-electron chi connectivity index (χ2n) is 6.22. The van der Waals surface area contributed by atoms with Crippen LogP contribution >= 0.6 is 0 Å². The van der Waals surface area contributed by atoms with E-state index in [1.807, 2.05) is 0 Å². The van der Waals surface area contributed by atoms with Gasteiger partial charge in [-0.25, -0.2) is 0 Å². The van der Waals surface area contributed by atoms with Crippen molar-refractivity contribution < 1.29 is 9.47 Å². The van der Waals surface area contributed by atoms with Gasteiger partial charge in [0.25, 0.3) is 0 Å². The Morgan fingerprint density at radius 1 is 1.22 bits per heavy atom. The predicted molar refractivity (Wildman–Crippen MR) is 70.5 cm³/mol. The van der Waals surface area contributed by atoms with Gasteiger partial charge in [-0.2, -0.15) is 0 Å². The SMILES string of the molecule is C[C@H]1CC2(CCN1)OCC(CN1CCCC1)CO2. The molecule has 3 aliphatic heterocycles. The average Bonchev–Trinajstić information content (AvgIpc) is 2.85. The molecule has 1 atom stereocenters. The molecule has 104 valence electrons. The van der Waals surface area contributed by atoms with E-state index >= 15 is 0 Å². The molecule has 0 unspecified atom stereocenters. The molecule has 1 spiro atoms. The lowest BCUT2D eigenvalue weighted by atomic mass is 9.97. The van der Waals surface area contributed by atoms with E-state index in [0.29, 0.717) is 12.0 Å². The highest BCUT2D eigenvalue weighted by molar-refractivity contribution is 4.86. The van der Waals surface area contributed by atoms with E-state index in [-0.39, 0.29) is 5.79 Å². The highest BCUT2D eigenvalue weighted by Gasteiger charge is 2.41. The first kappa shape index (κ1) is 12.9. The number of nitrogens with zero attached hydrogens (tertiary/aromatic N) is 1. The van der Waals surface area contributed by atoms with E-state index in [0.717, 1.165) is 39.1 Å². The Morgan fingerprint density at radius 2 is 1.94 bits per heavy atom. The Balaban J connectivity index is 1.48. The van der Waals surface area contributed by atoms with Crippen LogP contribution in [0.5, 0.6) is 0 Å². The van der Waals surface area contributed by atoms with Crippen LogP contribution in [0, 0.1) is 5.92 Å². The molecule has 0 aromatic carbocycles. The van der Waals surface area contributed by atoms with Gasteiger partial charge in [-0.05, 0) is 32.9 Å². The first-order valence-corrected chi connectivity index (χ1v) is 7.49. The van der Waals surface area contributed by atoms with E-state index in [4.69, 9.17) is 9.47 Å². The number of hydrogen-bond acceptors (Lipinski definition) is 4. The molecule has 3 aliphatic rings. The molecule has 1 N–H and O–H groups in total. The number of rotatable bonds is 2. The molecular formula is C14H26N2O2. The van der Waals surface area contributed by atoms with Crippen molar-refractivity contribution >= 4 is 0 Å². The minimum atomic E-state index is -0.272. The van der Waals surface area contributed by atoms with Crippen LogP contribution in [0.15, 0.2) is 0 Å². The smallest absolute Gasteiger partial charge is 0.170 e. The molecule has 4 heteroatoms. The fraction of sp³-hybridized carbons (Fsp3) is 1.00. The van der Waals surface area contributed by atoms with Gasteiger partial charge in [0.1, 0.15) is 0 Å². The molecule has 0 amide bonds. The summed E-state index contributed by atoms with van der Waals surface area (Å²) in [5.41, 5.74) is 0. The third-order valence-electron chi connectivity index (χ3n) is 4.50. The lowest BCUT2D eigenvalue weighted by Gasteiger charge is -2.45. The summed E-state index contributed by atoms with van der Waals surface area (Å²) in [6.07, 6.45) is 4.71. The molecule has 0 aromatic heterocycles. The summed E-state index contributed by atoms with van der Waals surface area (Å²) in [6.45, 7) is 8.67. The van der Waals surface area contributed by atoms with Crippen LogP contribution in [0.4, 0.5) is 0 Å². The second-order valence-corrected chi connectivity index (χ2v) is 6.22. The zero-order valence-electron chi connectivity index (χ0n) is 11.5. The molecule has 3 saturated heterocycles. The summed E-state index contributed by atoms with van der Waals surface area (Å²) in [5.74, 6) is 0.297. The van der Waals surface area contributed by atoms with Crippen LogP contribution in [0.2, 0.25) is 0 Å². The normalized spacial score (nSPS) is 42.5. The Kier molecular flexibility index (Phi) is 3.89. The van der Waals surface area contributed by atoms with E-state index < -0.39 is 0 Å². The predicted octanol–water partition coefficient (Wildman–Crippen LogP) is 1.21. The van der Waals surface area contributed by atoms with E-state index in [1.54, 1.807) is 0 Å². The average molecular weight is 254 g/mol. The second kappa shape index (κ2) is 5.45. The number of hydrogen-bond donors (Lipinski definition) is 1. The summed E-state index contributed by atoms with van der Waals surface area (Å²) in [6, 6.07) is 0.508. The molecule has 3 rings (SSSR count). The van der Waals surface area contributed by atoms with Gasteiger partial charge < -0.3 is 19.7 Å². The first-order chi connectivity index (χ1) is 8.76. The largest absolute Gasteiger partial charge is 0.349 e. The van der Waals surface area contributed by atoms with Crippen molar-refractivity contribution in [3.8, 4) is 0 Å². The topological polar surface area (TPSA) is 33.7 Å². The van der Waals surface area contributed by atoms with Gasteiger partial charge >= 0.3 is 0 Å². The molecule has 0 saturated carbocycles. The summed E-state index contributed by atoms with van der Waals surface area (Å²) < 4.78 is 12.2. The van der Waals surface area contributed by atoms with Gasteiger partial charge in [-0.1, -0.05) is 0 Å². The summed E-state index contributed by atoms with van der Waals surface area (Å²) in [7, 11) is 0. The number of ether oxygens (including phenoxy) is 2. The van der Waals surface area contributed by atoms with Crippen molar-refractivity contribution in [3.05, 3.63) is 0 Å². The van der Waals surface area contributed by atoms with Gasteiger partial charge in [0.15, 0.2) is 5.79 Å². The molecule has 0 aromatic rings. The van der Waals surface area contributed by atoms with Crippen LogP contribution in [0.25, 0.3) is 0 Å². The van der Waals surface area contributed by atoms with Gasteiger partial charge in [0.05, 0.1) is 13.2 Å². The molecule has 0 aliphatic carbocycles. The minimum absolute atomic E-state index is 0.272. The highest BCUT2D eigenvalue weighted by atomic mass is 16.7. The monoisotopic (exact) mass is 254 g/mol. The molecule has 3 heterocycles. The summed E-state index contributed by atoms with van der Waals surface area (Å²) in [4.78, 5) is 2.56. The maximum absolute atomic E-state index is 6.11. The Morgan fingerprint density at radius 3 is 2.61 bits per heavy atom. The number of nitrogens with one attached hydrogen (secondary N) is 1. The summed E-state index contributed by atoms with van der Waals surface area (Å²) in [5, 5.41) is 3.46. The van der Waals surface area contributed by atoms with Crippen molar-refractivity contribution in [1.82, 2.24) is 10.2 Å². The minimum Gasteiger partial charge on any atom is -0.349 e. The molecule has 0 radical (unpaired) electrons. The molecular weight excluding hydrogens is 228 g/mol. The lowest BCUT2D eigenvalue weighted by molar-refractivity contribution is -0.296. The van der Waals surface area contributed by atoms with Crippen LogP contribution in [-0.2, 0) is 9.47 Å². The Hall–Kier alpha value is -0.160. The third kappa shape index (κ3) is 2.87. The fourth-order valence-electron chi connectivity index (χ4n) is 3.48. The van der Waals surface area contributed by atoms with Crippen molar-refractivity contribution in [3.63, 3.8) is 0 Å². The van der Waals surface area contributed by atoms with Gasteiger partial charge in [0, 0.05) is 37.9 Å². The maximum atomic E-state index is 6.11. The van der Waals surface area contributed by atoms with Crippen molar-refractivity contribution in [1.29, 1.82) is 0 Å². The zero-order chi connectivity index (χ0) is 12.4. The van der Waals surface area contributed by atoms with Crippen LogP contribution < -0.4 is 5.32 Å². The standard InChI is InChI=1S/C14H26N2O2/c1-12-8-14(4-5-15-12)17-10-13(11-18-14)9-16-6-2-3-7-16/h12-13,15H,2-11H2,1H3/t12-,13?,14?/m0/s1. The van der Waals surface area contributed by atoms with Gasteiger partial charge in [-0.15, -0.1) is 0 Å². The fourth-order valence-corrected chi connectivity index (χ4v) is 3.48. The van der Waals surface area contributed by atoms with Crippen LogP contribution in [0.1, 0.15) is 32.6 Å². The van der Waals surface area contributed by atoms with Crippen LogP contribution in [0.3, 0.4) is 0 Å². The first-order valence-electron chi connectivity index (χ1n) is 7.49. The quantitative estimate of drug-likeness (QED) is 0.803. The summed E-state index contributed by atoms with van der Waals surface area (Å²) >= 11 is 0. The van der Waals surface area contributed by atoms with Gasteiger partial charge in [0.2, 0.25) is 0 Å². The lowest BCUT2D eigenvalue weighted by Crippen LogP contribution is -2.54. The molecule has 0 bridgehead atoms. The van der Waals surface area contributed by atoms with Crippen LogP contribution in [-0.4, -0.2) is 56.1 Å². The number of piperidine rings is 1. The van der Waals surface area contributed by atoms with Crippen molar-refractivity contribution in [2.75, 3.05) is 39.4 Å². The van der Waals surface area contributed by atoms with Crippen molar-refractivity contribution in [2.45, 2.75) is 44.4 Å². The Labute approximate surface area is 110 Å². The van der Waals surface area contributed by atoms with Gasteiger partial charge in [-0.3, -0.25) is 0 Å².